The number of fused-ring (bicyclic) bond motifs is 1. The molecule has 0 aliphatic heterocycles. The fraction of sp³-hybridized carbons (Fsp3) is 0.143. The molecule has 0 fully saturated rings. The van der Waals surface area contributed by atoms with E-state index in [0.29, 0.717) is 5.69 Å². The molecule has 0 aromatic carbocycles. The summed E-state index contributed by atoms with van der Waals surface area (Å²) in [7, 11) is 1.58. The molecule has 2 aromatic heterocycles. The average Bonchev–Trinajstić information content (AvgIpc) is 2.54. The van der Waals surface area contributed by atoms with Gasteiger partial charge in [0.2, 0.25) is 0 Å². The highest BCUT2D eigenvalue weighted by Crippen LogP contribution is 2.22. The largest absolute Gasteiger partial charge is 0.460 e. The minimum Gasteiger partial charge on any atom is -0.460 e. The monoisotopic (exact) mass is 152 g/mol. The van der Waals surface area contributed by atoms with Crippen LogP contribution in [0.5, 0.6) is 0 Å². The SMILES string of the molecule is COn1ccc2occ(N)c21. The quantitative estimate of drug-likeness (QED) is 0.659. The van der Waals surface area contributed by atoms with E-state index in [-0.39, 0.29) is 0 Å². The molecule has 4 nitrogen and oxygen atoms in total. The van der Waals surface area contributed by atoms with Crippen molar-refractivity contribution in [3.63, 3.8) is 0 Å². The maximum atomic E-state index is 5.60. The molecule has 2 rings (SSSR count). The highest BCUT2D eigenvalue weighted by molar-refractivity contribution is 5.86. The summed E-state index contributed by atoms with van der Waals surface area (Å²) in [6.45, 7) is 0. The zero-order valence-corrected chi connectivity index (χ0v) is 6.07. The first-order valence-corrected chi connectivity index (χ1v) is 3.21. The first-order valence-electron chi connectivity index (χ1n) is 3.21. The fourth-order valence-electron chi connectivity index (χ4n) is 1.10. The molecular formula is C7H8N2O2. The van der Waals surface area contributed by atoms with Crippen LogP contribution in [-0.4, -0.2) is 11.8 Å². The zero-order valence-electron chi connectivity index (χ0n) is 6.07. The molecule has 2 N–H and O–H groups in total. The molecule has 2 aromatic rings. The van der Waals surface area contributed by atoms with Crippen LogP contribution in [0.3, 0.4) is 0 Å². The van der Waals surface area contributed by atoms with Crippen LogP contribution in [0.25, 0.3) is 11.1 Å². The van der Waals surface area contributed by atoms with Crippen molar-refractivity contribution in [1.29, 1.82) is 0 Å². The number of nitrogens with two attached hydrogens (primary N) is 1. The van der Waals surface area contributed by atoms with E-state index < -0.39 is 0 Å². The van der Waals surface area contributed by atoms with E-state index in [1.807, 2.05) is 0 Å². The van der Waals surface area contributed by atoms with Crippen molar-refractivity contribution in [1.82, 2.24) is 4.73 Å². The lowest BCUT2D eigenvalue weighted by atomic mass is 10.4. The van der Waals surface area contributed by atoms with E-state index in [0.717, 1.165) is 11.1 Å². The van der Waals surface area contributed by atoms with Gasteiger partial charge in [-0.1, -0.05) is 0 Å². The van der Waals surface area contributed by atoms with Gasteiger partial charge in [-0.25, -0.2) is 0 Å². The van der Waals surface area contributed by atoms with Crippen molar-refractivity contribution in [3.05, 3.63) is 18.5 Å². The number of furan rings is 1. The summed E-state index contributed by atoms with van der Waals surface area (Å²) >= 11 is 0. The predicted octanol–water partition coefficient (Wildman–Crippen LogP) is 0.875. The second-order valence-corrected chi connectivity index (χ2v) is 2.23. The summed E-state index contributed by atoms with van der Waals surface area (Å²) in [4.78, 5) is 4.98. The van der Waals surface area contributed by atoms with Gasteiger partial charge in [-0.2, -0.15) is 4.73 Å². The molecular weight excluding hydrogens is 144 g/mol. The van der Waals surface area contributed by atoms with E-state index in [4.69, 9.17) is 15.0 Å². The lowest BCUT2D eigenvalue weighted by Gasteiger charge is -1.98. The molecule has 4 heteroatoms. The third-order valence-corrected chi connectivity index (χ3v) is 1.60. The molecule has 0 radical (unpaired) electrons. The van der Waals surface area contributed by atoms with Gasteiger partial charge >= 0.3 is 0 Å². The molecule has 0 aliphatic rings. The minimum atomic E-state index is 0.590. The Morgan fingerprint density at radius 3 is 3.18 bits per heavy atom. The lowest BCUT2D eigenvalue weighted by Crippen LogP contribution is -2.03. The van der Waals surface area contributed by atoms with Crippen molar-refractivity contribution in [2.24, 2.45) is 0 Å². The molecule has 0 aliphatic carbocycles. The van der Waals surface area contributed by atoms with E-state index in [2.05, 4.69) is 0 Å². The van der Waals surface area contributed by atoms with Crippen LogP contribution in [0.2, 0.25) is 0 Å². The molecule has 0 unspecified atom stereocenters. The lowest BCUT2D eigenvalue weighted by molar-refractivity contribution is 0.179. The normalized spacial score (nSPS) is 10.6. The van der Waals surface area contributed by atoms with Crippen LogP contribution in [0.15, 0.2) is 22.9 Å². The number of anilines is 1. The molecule has 0 saturated carbocycles. The molecule has 0 spiro atoms. The Hall–Kier alpha value is -1.58. The first kappa shape index (κ1) is 6.15. The summed E-state index contributed by atoms with van der Waals surface area (Å²) in [5.41, 5.74) is 7.72. The fourth-order valence-corrected chi connectivity index (χ4v) is 1.10. The molecule has 0 saturated heterocycles. The summed E-state index contributed by atoms with van der Waals surface area (Å²) in [6, 6.07) is 1.80. The van der Waals surface area contributed by atoms with E-state index in [9.17, 15) is 0 Å². The third kappa shape index (κ3) is 0.690. The van der Waals surface area contributed by atoms with Gasteiger partial charge in [0.15, 0.2) is 5.58 Å². The molecule has 11 heavy (non-hydrogen) atoms. The summed E-state index contributed by atoms with van der Waals surface area (Å²) in [5, 5.41) is 0. The Morgan fingerprint density at radius 1 is 1.64 bits per heavy atom. The molecule has 2 heterocycles. The number of nitrogen functional groups attached to an aromatic ring is 1. The topological polar surface area (TPSA) is 53.3 Å². The Labute approximate surface area is 63.1 Å². The van der Waals surface area contributed by atoms with Crippen LogP contribution in [0, 0.1) is 0 Å². The molecule has 0 atom stereocenters. The number of hydrogen-bond donors (Lipinski definition) is 1. The minimum absolute atomic E-state index is 0.590. The zero-order chi connectivity index (χ0) is 7.84. The van der Waals surface area contributed by atoms with Gasteiger partial charge in [-0.3, -0.25) is 0 Å². The Morgan fingerprint density at radius 2 is 2.45 bits per heavy atom. The standard InChI is InChI=1S/C7H8N2O2/c1-10-9-3-2-6-7(9)5(8)4-11-6/h2-4H,8H2,1H3. The van der Waals surface area contributed by atoms with Crippen LogP contribution in [0.4, 0.5) is 5.69 Å². The van der Waals surface area contributed by atoms with Gasteiger partial charge < -0.3 is 15.0 Å². The number of hydrogen-bond acceptors (Lipinski definition) is 3. The number of aromatic nitrogens is 1. The summed E-state index contributed by atoms with van der Waals surface area (Å²) in [6.07, 6.45) is 3.25. The average molecular weight is 152 g/mol. The van der Waals surface area contributed by atoms with Crippen molar-refractivity contribution in [3.8, 4) is 0 Å². The van der Waals surface area contributed by atoms with Crippen LogP contribution in [-0.2, 0) is 0 Å². The third-order valence-electron chi connectivity index (χ3n) is 1.60. The molecule has 0 bridgehead atoms. The van der Waals surface area contributed by atoms with Crippen molar-refractivity contribution >= 4 is 16.8 Å². The Kier molecular flexibility index (Phi) is 1.09. The van der Waals surface area contributed by atoms with Gasteiger partial charge in [0.05, 0.1) is 5.69 Å². The van der Waals surface area contributed by atoms with Gasteiger partial charge in [0.25, 0.3) is 0 Å². The van der Waals surface area contributed by atoms with Crippen LogP contribution >= 0.6 is 0 Å². The van der Waals surface area contributed by atoms with Gasteiger partial charge in [-0.05, 0) is 0 Å². The van der Waals surface area contributed by atoms with E-state index in [1.54, 1.807) is 24.1 Å². The first-order chi connectivity index (χ1) is 5.33. The van der Waals surface area contributed by atoms with Crippen molar-refractivity contribution < 1.29 is 9.25 Å². The molecule has 58 valence electrons. The highest BCUT2D eigenvalue weighted by Gasteiger charge is 2.07. The van der Waals surface area contributed by atoms with Gasteiger partial charge in [0.1, 0.15) is 18.9 Å². The van der Waals surface area contributed by atoms with E-state index in [1.165, 1.54) is 6.26 Å². The predicted molar refractivity (Wildman–Crippen MR) is 41.1 cm³/mol. The van der Waals surface area contributed by atoms with Gasteiger partial charge in [0, 0.05) is 12.3 Å². The number of nitrogens with zero attached hydrogens (tertiary/aromatic N) is 1. The summed E-state index contributed by atoms with van der Waals surface area (Å²) < 4.78 is 6.67. The molecule has 0 amide bonds. The smallest absolute Gasteiger partial charge is 0.157 e. The number of rotatable bonds is 1. The Balaban J connectivity index is 2.80. The van der Waals surface area contributed by atoms with E-state index >= 15 is 0 Å². The van der Waals surface area contributed by atoms with Gasteiger partial charge in [-0.15, -0.1) is 0 Å². The van der Waals surface area contributed by atoms with Crippen molar-refractivity contribution in [2.45, 2.75) is 0 Å². The maximum absolute atomic E-state index is 5.60. The van der Waals surface area contributed by atoms with Crippen LogP contribution < -0.4 is 10.6 Å². The second-order valence-electron chi connectivity index (χ2n) is 2.23. The second kappa shape index (κ2) is 1.95. The highest BCUT2D eigenvalue weighted by atomic mass is 16.6. The summed E-state index contributed by atoms with van der Waals surface area (Å²) in [5.74, 6) is 0. The maximum Gasteiger partial charge on any atom is 0.157 e. The van der Waals surface area contributed by atoms with Crippen LogP contribution in [0.1, 0.15) is 0 Å². The van der Waals surface area contributed by atoms with Crippen molar-refractivity contribution in [2.75, 3.05) is 12.8 Å². The Bertz CT molecular complexity index is 375.